The Bertz CT molecular complexity index is 281. The monoisotopic (exact) mass is 191 g/mol. The van der Waals surface area contributed by atoms with Crippen molar-refractivity contribution in [3.05, 3.63) is 36.1 Å². The van der Waals surface area contributed by atoms with Gasteiger partial charge in [0.1, 0.15) is 5.76 Å². The first kappa shape index (κ1) is 12.5. The lowest BCUT2D eigenvalue weighted by Gasteiger charge is -2.09. The van der Waals surface area contributed by atoms with E-state index in [2.05, 4.69) is 12.6 Å². The topological polar surface area (TPSA) is 33.0 Å². The molecule has 0 aromatic carbocycles. The van der Waals surface area contributed by atoms with Gasteiger partial charge in [0.15, 0.2) is 0 Å². The van der Waals surface area contributed by atoms with Crippen LogP contribution in [0.5, 0.6) is 0 Å². The van der Waals surface area contributed by atoms with E-state index in [1.807, 2.05) is 26.0 Å². The summed E-state index contributed by atoms with van der Waals surface area (Å²) in [5, 5.41) is 8.58. The third kappa shape index (κ3) is 3.95. The van der Waals surface area contributed by atoms with Crippen molar-refractivity contribution in [3.63, 3.8) is 0 Å². The molecule has 2 nitrogen and oxygen atoms in total. The van der Waals surface area contributed by atoms with Crippen molar-refractivity contribution in [3.8, 4) is 6.07 Å². The van der Waals surface area contributed by atoms with Crippen LogP contribution in [0.25, 0.3) is 0 Å². The van der Waals surface area contributed by atoms with E-state index in [0.29, 0.717) is 6.42 Å². The lowest BCUT2D eigenvalue weighted by atomic mass is 9.97. The van der Waals surface area contributed by atoms with E-state index < -0.39 is 0 Å². The first-order chi connectivity index (χ1) is 6.69. The van der Waals surface area contributed by atoms with Crippen molar-refractivity contribution in [1.82, 2.24) is 0 Å². The van der Waals surface area contributed by atoms with Crippen molar-refractivity contribution in [2.45, 2.75) is 20.3 Å². The summed E-state index contributed by atoms with van der Waals surface area (Å²) in [6.07, 6.45) is 6.08. The summed E-state index contributed by atoms with van der Waals surface area (Å²) in [5.41, 5.74) is 1.10. The fraction of sp³-hybridized carbons (Fsp3) is 0.417. The lowest BCUT2D eigenvalue weighted by Crippen LogP contribution is -1.97. The van der Waals surface area contributed by atoms with Gasteiger partial charge in [-0.25, -0.2) is 0 Å². The van der Waals surface area contributed by atoms with E-state index in [1.165, 1.54) is 0 Å². The number of hydrogen-bond donors (Lipinski definition) is 0. The summed E-state index contributed by atoms with van der Waals surface area (Å²) in [7, 11) is 1.61. The van der Waals surface area contributed by atoms with Gasteiger partial charge in [-0.15, -0.1) is 0 Å². The van der Waals surface area contributed by atoms with Gasteiger partial charge in [-0.1, -0.05) is 19.6 Å². The van der Waals surface area contributed by atoms with Crippen molar-refractivity contribution < 1.29 is 4.74 Å². The van der Waals surface area contributed by atoms with Crippen LogP contribution in [0.15, 0.2) is 36.1 Å². The van der Waals surface area contributed by atoms with E-state index >= 15 is 0 Å². The van der Waals surface area contributed by atoms with Crippen LogP contribution < -0.4 is 0 Å². The Morgan fingerprint density at radius 1 is 1.64 bits per heavy atom. The highest BCUT2D eigenvalue weighted by molar-refractivity contribution is 5.27. The SMILES string of the molecule is C=C/C(=C\C(=C/C)C(C)CC#N)OC. The largest absolute Gasteiger partial charge is 0.497 e. The number of allylic oxidation sites excluding steroid dienone is 4. The molecule has 0 radical (unpaired) electrons. The van der Waals surface area contributed by atoms with Gasteiger partial charge in [0.25, 0.3) is 0 Å². The number of methoxy groups -OCH3 is 1. The van der Waals surface area contributed by atoms with Gasteiger partial charge in [-0.2, -0.15) is 5.26 Å². The van der Waals surface area contributed by atoms with Crippen LogP contribution in [0.4, 0.5) is 0 Å². The van der Waals surface area contributed by atoms with Gasteiger partial charge >= 0.3 is 0 Å². The normalized spacial score (nSPS) is 14.4. The minimum Gasteiger partial charge on any atom is -0.497 e. The second kappa shape index (κ2) is 6.97. The molecule has 0 amide bonds. The molecule has 1 unspecified atom stereocenters. The molecule has 0 aromatic rings. The number of nitriles is 1. The van der Waals surface area contributed by atoms with Crippen LogP contribution in [0, 0.1) is 17.2 Å². The Morgan fingerprint density at radius 3 is 2.64 bits per heavy atom. The van der Waals surface area contributed by atoms with Gasteiger partial charge in [-0.05, 0) is 30.6 Å². The predicted molar refractivity (Wildman–Crippen MR) is 58.4 cm³/mol. The zero-order chi connectivity index (χ0) is 11.0. The number of hydrogen-bond acceptors (Lipinski definition) is 2. The van der Waals surface area contributed by atoms with E-state index in [9.17, 15) is 0 Å². The maximum Gasteiger partial charge on any atom is 0.118 e. The minimum absolute atomic E-state index is 0.232. The molecular formula is C12H17NO. The van der Waals surface area contributed by atoms with Crippen LogP contribution in [0.1, 0.15) is 20.3 Å². The molecular weight excluding hydrogens is 174 g/mol. The van der Waals surface area contributed by atoms with Gasteiger partial charge in [0.05, 0.1) is 13.2 Å². The highest BCUT2D eigenvalue weighted by atomic mass is 16.5. The predicted octanol–water partition coefficient (Wildman–Crippen LogP) is 3.20. The summed E-state index contributed by atoms with van der Waals surface area (Å²) in [5.74, 6) is 0.956. The van der Waals surface area contributed by atoms with Crippen molar-refractivity contribution >= 4 is 0 Å². The molecule has 1 atom stereocenters. The summed E-state index contributed by atoms with van der Waals surface area (Å²) in [6, 6.07) is 2.15. The Kier molecular flexibility index (Phi) is 6.22. The molecule has 0 aromatic heterocycles. The first-order valence-electron chi connectivity index (χ1n) is 4.60. The van der Waals surface area contributed by atoms with Crippen LogP contribution in [0.3, 0.4) is 0 Å². The molecule has 76 valence electrons. The fourth-order valence-electron chi connectivity index (χ4n) is 1.13. The average molecular weight is 191 g/mol. The molecule has 0 aliphatic heterocycles. The molecule has 0 heterocycles. The maximum atomic E-state index is 8.58. The van der Waals surface area contributed by atoms with Gasteiger partial charge in [0.2, 0.25) is 0 Å². The van der Waals surface area contributed by atoms with Crippen molar-refractivity contribution in [2.24, 2.45) is 5.92 Å². The van der Waals surface area contributed by atoms with Gasteiger partial charge < -0.3 is 4.74 Å². The van der Waals surface area contributed by atoms with Crippen molar-refractivity contribution in [2.75, 3.05) is 7.11 Å². The molecule has 14 heavy (non-hydrogen) atoms. The summed E-state index contributed by atoms with van der Waals surface area (Å²) in [4.78, 5) is 0. The van der Waals surface area contributed by atoms with Crippen LogP contribution in [-0.2, 0) is 4.74 Å². The Hall–Kier alpha value is -1.49. The second-order valence-electron chi connectivity index (χ2n) is 3.01. The number of rotatable bonds is 5. The fourth-order valence-corrected chi connectivity index (χ4v) is 1.13. The highest BCUT2D eigenvalue weighted by Gasteiger charge is 2.05. The maximum absolute atomic E-state index is 8.58. The number of ether oxygens (including phenoxy) is 1. The molecule has 0 saturated heterocycles. The molecule has 2 heteroatoms. The van der Waals surface area contributed by atoms with Crippen LogP contribution in [0.2, 0.25) is 0 Å². The van der Waals surface area contributed by atoms with E-state index in [0.717, 1.165) is 11.3 Å². The molecule has 0 spiro atoms. The smallest absolute Gasteiger partial charge is 0.118 e. The number of nitrogens with zero attached hydrogens (tertiary/aromatic N) is 1. The standard InChI is InChI=1S/C12H17NO/c1-5-11(10(3)7-8-13)9-12(6-2)14-4/h5-6,9-10H,2,7H2,1,3-4H3/b11-5+,12-9+. The van der Waals surface area contributed by atoms with Crippen molar-refractivity contribution in [1.29, 1.82) is 5.26 Å². The van der Waals surface area contributed by atoms with E-state index in [4.69, 9.17) is 10.00 Å². The molecule has 0 rings (SSSR count). The van der Waals surface area contributed by atoms with Crippen LogP contribution in [-0.4, -0.2) is 7.11 Å². The van der Waals surface area contributed by atoms with E-state index in [-0.39, 0.29) is 5.92 Å². The third-order valence-corrected chi connectivity index (χ3v) is 2.05. The molecule has 0 saturated carbocycles. The molecule has 0 aliphatic carbocycles. The quantitative estimate of drug-likeness (QED) is 0.494. The Labute approximate surface area is 86.2 Å². The van der Waals surface area contributed by atoms with Gasteiger partial charge in [0, 0.05) is 6.42 Å². The summed E-state index contributed by atoms with van der Waals surface area (Å²) >= 11 is 0. The zero-order valence-electron chi connectivity index (χ0n) is 9.08. The second-order valence-corrected chi connectivity index (χ2v) is 3.01. The first-order valence-corrected chi connectivity index (χ1v) is 4.60. The minimum atomic E-state index is 0.232. The summed E-state index contributed by atoms with van der Waals surface area (Å²) in [6.45, 7) is 7.61. The average Bonchev–Trinajstić information content (AvgIpc) is 2.20. The zero-order valence-corrected chi connectivity index (χ0v) is 9.08. The summed E-state index contributed by atoms with van der Waals surface area (Å²) < 4.78 is 5.08. The molecule has 0 aliphatic rings. The molecule has 0 N–H and O–H groups in total. The van der Waals surface area contributed by atoms with E-state index in [1.54, 1.807) is 13.2 Å². The Morgan fingerprint density at radius 2 is 2.29 bits per heavy atom. The highest BCUT2D eigenvalue weighted by Crippen LogP contribution is 2.17. The van der Waals surface area contributed by atoms with Gasteiger partial charge in [-0.3, -0.25) is 0 Å². The third-order valence-electron chi connectivity index (χ3n) is 2.05. The lowest BCUT2D eigenvalue weighted by molar-refractivity contribution is 0.306. The van der Waals surface area contributed by atoms with Crippen LogP contribution >= 0.6 is 0 Å². The molecule has 0 bridgehead atoms. The Balaban J connectivity index is 4.68. The molecule has 0 fully saturated rings.